The van der Waals surface area contributed by atoms with Crippen LogP contribution in [0.5, 0.6) is 0 Å². The number of piperidine rings is 1. The molecule has 0 unspecified atom stereocenters. The van der Waals surface area contributed by atoms with Crippen LogP contribution in [0, 0.1) is 11.3 Å². The van der Waals surface area contributed by atoms with E-state index in [0.29, 0.717) is 0 Å². The van der Waals surface area contributed by atoms with Gasteiger partial charge in [-0.3, -0.25) is 4.79 Å². The molecule has 1 rings (SSSR count). The van der Waals surface area contributed by atoms with E-state index < -0.39 is 0 Å². The second-order valence-corrected chi connectivity index (χ2v) is 6.04. The van der Waals surface area contributed by atoms with E-state index in [1.54, 1.807) is 0 Å². The number of rotatable bonds is 3. The number of amides is 1. The third-order valence-corrected chi connectivity index (χ3v) is 3.36. The number of hydrogen-bond donors (Lipinski definition) is 1. The van der Waals surface area contributed by atoms with Gasteiger partial charge in [0.2, 0.25) is 5.91 Å². The molecule has 0 atom stereocenters. The van der Waals surface area contributed by atoms with Crippen molar-refractivity contribution in [3.8, 4) is 0 Å². The lowest BCUT2D eigenvalue weighted by molar-refractivity contribution is -0.128. The summed E-state index contributed by atoms with van der Waals surface area (Å²) >= 11 is 0. The summed E-state index contributed by atoms with van der Waals surface area (Å²) < 4.78 is 0. The minimum Gasteiger partial charge on any atom is -0.356 e. The summed E-state index contributed by atoms with van der Waals surface area (Å²) in [5, 5.41) is 3.03. The molecule has 0 aromatic rings. The van der Waals surface area contributed by atoms with Crippen molar-refractivity contribution < 1.29 is 4.79 Å². The normalized spacial score (nSPS) is 19.8. The monoisotopic (exact) mass is 226 g/mol. The topological polar surface area (TPSA) is 32.3 Å². The van der Waals surface area contributed by atoms with Crippen LogP contribution in [-0.4, -0.2) is 37.5 Å². The van der Waals surface area contributed by atoms with Crippen LogP contribution < -0.4 is 5.32 Å². The molecule has 94 valence electrons. The highest BCUT2D eigenvalue weighted by atomic mass is 16.2. The predicted octanol–water partition coefficient (Wildman–Crippen LogP) is 1.88. The van der Waals surface area contributed by atoms with Gasteiger partial charge in [0.05, 0.1) is 0 Å². The summed E-state index contributed by atoms with van der Waals surface area (Å²) in [7, 11) is 2.18. The first-order valence-electron chi connectivity index (χ1n) is 6.36. The van der Waals surface area contributed by atoms with Crippen LogP contribution in [-0.2, 0) is 4.79 Å². The Kier molecular flexibility index (Phi) is 4.78. The lowest BCUT2D eigenvalue weighted by Gasteiger charge is -2.29. The second kappa shape index (κ2) is 5.67. The summed E-state index contributed by atoms with van der Waals surface area (Å²) in [5.41, 5.74) is -0.257. The van der Waals surface area contributed by atoms with Crippen LogP contribution in [0.3, 0.4) is 0 Å². The molecule has 1 saturated heterocycles. The molecule has 0 aromatic carbocycles. The Labute approximate surface area is 99.6 Å². The van der Waals surface area contributed by atoms with E-state index >= 15 is 0 Å². The van der Waals surface area contributed by atoms with Gasteiger partial charge >= 0.3 is 0 Å². The third-order valence-electron chi connectivity index (χ3n) is 3.36. The molecule has 0 aliphatic carbocycles. The molecule has 0 aromatic heterocycles. The Hall–Kier alpha value is -0.570. The van der Waals surface area contributed by atoms with Crippen molar-refractivity contribution in [2.75, 3.05) is 26.7 Å². The van der Waals surface area contributed by atoms with Gasteiger partial charge in [-0.05, 0) is 45.3 Å². The molecule has 0 saturated carbocycles. The van der Waals surface area contributed by atoms with Gasteiger partial charge < -0.3 is 10.2 Å². The average Bonchev–Trinajstić information content (AvgIpc) is 2.19. The Morgan fingerprint density at radius 3 is 2.38 bits per heavy atom. The van der Waals surface area contributed by atoms with Gasteiger partial charge in [-0.1, -0.05) is 20.8 Å². The lowest BCUT2D eigenvalue weighted by atomic mass is 9.93. The fourth-order valence-corrected chi connectivity index (χ4v) is 2.01. The summed E-state index contributed by atoms with van der Waals surface area (Å²) in [6.45, 7) is 9.12. The van der Waals surface area contributed by atoms with Crippen LogP contribution in [0.25, 0.3) is 0 Å². The van der Waals surface area contributed by atoms with E-state index in [2.05, 4.69) is 17.3 Å². The minimum atomic E-state index is -0.257. The number of nitrogens with zero attached hydrogens (tertiary/aromatic N) is 1. The van der Waals surface area contributed by atoms with Crippen molar-refractivity contribution in [2.24, 2.45) is 11.3 Å². The number of carbonyl (C=O) groups excluding carboxylic acids is 1. The molecule has 1 amide bonds. The Balaban J connectivity index is 2.14. The molecule has 0 bridgehead atoms. The van der Waals surface area contributed by atoms with Crippen molar-refractivity contribution in [3.63, 3.8) is 0 Å². The summed E-state index contributed by atoms with van der Waals surface area (Å²) in [5.74, 6) is 0.969. The van der Waals surface area contributed by atoms with Crippen molar-refractivity contribution >= 4 is 5.91 Å². The molecular weight excluding hydrogens is 200 g/mol. The molecule has 1 fully saturated rings. The van der Waals surface area contributed by atoms with Crippen LogP contribution >= 0.6 is 0 Å². The largest absolute Gasteiger partial charge is 0.356 e. The fraction of sp³-hybridized carbons (Fsp3) is 0.923. The van der Waals surface area contributed by atoms with Crippen molar-refractivity contribution in [2.45, 2.75) is 40.0 Å². The SMILES string of the molecule is CN1CCC(CCNC(=O)C(C)(C)C)CC1. The Morgan fingerprint density at radius 2 is 1.88 bits per heavy atom. The third kappa shape index (κ3) is 4.52. The number of hydrogen-bond acceptors (Lipinski definition) is 2. The predicted molar refractivity (Wildman–Crippen MR) is 67.3 cm³/mol. The van der Waals surface area contributed by atoms with Gasteiger partial charge in [0.1, 0.15) is 0 Å². The number of likely N-dealkylation sites (tertiary alicyclic amines) is 1. The van der Waals surface area contributed by atoms with E-state index in [-0.39, 0.29) is 11.3 Å². The highest BCUT2D eigenvalue weighted by molar-refractivity contribution is 5.81. The molecule has 1 N–H and O–H groups in total. The first kappa shape index (κ1) is 13.5. The minimum absolute atomic E-state index is 0.167. The quantitative estimate of drug-likeness (QED) is 0.797. The molecule has 1 aliphatic rings. The molecule has 0 radical (unpaired) electrons. The van der Waals surface area contributed by atoms with Gasteiger partial charge in [-0.2, -0.15) is 0 Å². The van der Waals surface area contributed by atoms with Crippen LogP contribution in [0.2, 0.25) is 0 Å². The zero-order valence-electron chi connectivity index (χ0n) is 11.2. The lowest BCUT2D eigenvalue weighted by Crippen LogP contribution is -2.37. The van der Waals surface area contributed by atoms with Gasteiger partial charge in [-0.15, -0.1) is 0 Å². The van der Waals surface area contributed by atoms with E-state index in [1.165, 1.54) is 25.9 Å². The highest BCUT2D eigenvalue weighted by Crippen LogP contribution is 2.19. The summed E-state index contributed by atoms with van der Waals surface area (Å²) in [6, 6.07) is 0. The van der Waals surface area contributed by atoms with E-state index in [1.807, 2.05) is 20.8 Å². The molecular formula is C13H26N2O. The molecule has 16 heavy (non-hydrogen) atoms. The zero-order valence-corrected chi connectivity index (χ0v) is 11.2. The number of carbonyl (C=O) groups is 1. The van der Waals surface area contributed by atoms with Crippen LogP contribution in [0.1, 0.15) is 40.0 Å². The maximum absolute atomic E-state index is 11.6. The molecule has 3 nitrogen and oxygen atoms in total. The second-order valence-electron chi connectivity index (χ2n) is 6.04. The van der Waals surface area contributed by atoms with Gasteiger partial charge in [0.15, 0.2) is 0 Å². The van der Waals surface area contributed by atoms with Crippen LogP contribution in [0.15, 0.2) is 0 Å². The molecule has 1 aliphatic heterocycles. The zero-order chi connectivity index (χ0) is 12.2. The smallest absolute Gasteiger partial charge is 0.225 e. The highest BCUT2D eigenvalue weighted by Gasteiger charge is 2.21. The average molecular weight is 226 g/mol. The van der Waals surface area contributed by atoms with Crippen LogP contribution in [0.4, 0.5) is 0 Å². The first-order chi connectivity index (χ1) is 7.39. The van der Waals surface area contributed by atoms with Gasteiger partial charge in [-0.25, -0.2) is 0 Å². The standard InChI is InChI=1S/C13H26N2O/c1-13(2,3)12(16)14-8-5-11-6-9-15(4)10-7-11/h11H,5-10H2,1-4H3,(H,14,16). The number of nitrogens with one attached hydrogen (secondary N) is 1. The Morgan fingerprint density at radius 1 is 1.31 bits per heavy atom. The van der Waals surface area contributed by atoms with Crippen molar-refractivity contribution in [3.05, 3.63) is 0 Å². The fourth-order valence-electron chi connectivity index (χ4n) is 2.01. The molecule has 3 heteroatoms. The molecule has 0 spiro atoms. The summed E-state index contributed by atoms with van der Waals surface area (Å²) in [4.78, 5) is 14.0. The maximum atomic E-state index is 11.6. The van der Waals surface area contributed by atoms with Gasteiger partial charge in [0.25, 0.3) is 0 Å². The maximum Gasteiger partial charge on any atom is 0.225 e. The van der Waals surface area contributed by atoms with Gasteiger partial charge in [0, 0.05) is 12.0 Å². The summed E-state index contributed by atoms with van der Waals surface area (Å²) in [6.07, 6.45) is 3.69. The van der Waals surface area contributed by atoms with E-state index in [9.17, 15) is 4.79 Å². The first-order valence-corrected chi connectivity index (χ1v) is 6.36. The van der Waals surface area contributed by atoms with Crippen molar-refractivity contribution in [1.82, 2.24) is 10.2 Å². The Bertz CT molecular complexity index is 225. The van der Waals surface area contributed by atoms with Crippen molar-refractivity contribution in [1.29, 1.82) is 0 Å². The van der Waals surface area contributed by atoms with E-state index in [0.717, 1.165) is 18.9 Å². The molecule has 1 heterocycles. The van der Waals surface area contributed by atoms with E-state index in [4.69, 9.17) is 0 Å².